The van der Waals surface area contributed by atoms with Crippen LogP contribution in [0.3, 0.4) is 0 Å². The van der Waals surface area contributed by atoms with E-state index in [1.165, 1.54) is 12.3 Å². The maximum atomic E-state index is 11.5. The first-order valence-corrected chi connectivity index (χ1v) is 5.50. The van der Waals surface area contributed by atoms with Gasteiger partial charge < -0.3 is 10.1 Å². The van der Waals surface area contributed by atoms with E-state index in [1.807, 2.05) is 0 Å². The van der Waals surface area contributed by atoms with Crippen LogP contribution >= 0.6 is 11.6 Å². The molecule has 0 spiro atoms. The van der Waals surface area contributed by atoms with Gasteiger partial charge in [0.2, 0.25) is 0 Å². The van der Waals surface area contributed by atoms with E-state index in [2.05, 4.69) is 15.5 Å². The van der Waals surface area contributed by atoms with Crippen LogP contribution in [0, 0.1) is 0 Å². The van der Waals surface area contributed by atoms with Crippen molar-refractivity contribution in [2.75, 3.05) is 0 Å². The number of halogens is 1. The summed E-state index contributed by atoms with van der Waals surface area (Å²) < 4.78 is 0. The van der Waals surface area contributed by atoms with Crippen molar-refractivity contribution in [1.82, 2.24) is 10.4 Å². The van der Waals surface area contributed by atoms with E-state index >= 15 is 0 Å². The minimum Gasteiger partial charge on any atom is -0.507 e. The lowest BCUT2D eigenvalue weighted by atomic mass is 10.2. The summed E-state index contributed by atoms with van der Waals surface area (Å²) in [7, 11) is 0. The van der Waals surface area contributed by atoms with Gasteiger partial charge >= 0.3 is 0 Å². The summed E-state index contributed by atoms with van der Waals surface area (Å²) in [5.41, 5.74) is 3.16. The Morgan fingerprint density at radius 1 is 1.44 bits per heavy atom. The van der Waals surface area contributed by atoms with Crippen molar-refractivity contribution in [3.8, 4) is 5.75 Å². The summed E-state index contributed by atoms with van der Waals surface area (Å²) >= 11 is 5.77. The van der Waals surface area contributed by atoms with Crippen LogP contribution in [0.5, 0.6) is 5.75 Å². The fourth-order valence-corrected chi connectivity index (χ4v) is 1.50. The van der Waals surface area contributed by atoms with Crippen LogP contribution in [0.15, 0.2) is 41.6 Å². The molecule has 1 amide bonds. The molecule has 92 valence electrons. The van der Waals surface area contributed by atoms with Crippen LogP contribution in [0.2, 0.25) is 5.02 Å². The lowest BCUT2D eigenvalue weighted by Crippen LogP contribution is -2.17. The largest absolute Gasteiger partial charge is 0.507 e. The zero-order valence-corrected chi connectivity index (χ0v) is 9.98. The number of nitrogens with one attached hydrogen (secondary N) is 2. The molecule has 0 unspecified atom stereocenters. The molecule has 18 heavy (non-hydrogen) atoms. The van der Waals surface area contributed by atoms with Gasteiger partial charge in [-0.15, -0.1) is 0 Å². The van der Waals surface area contributed by atoms with E-state index in [1.54, 1.807) is 30.5 Å². The quantitative estimate of drug-likeness (QED) is 0.586. The topological polar surface area (TPSA) is 77.5 Å². The van der Waals surface area contributed by atoms with Gasteiger partial charge in [-0.1, -0.05) is 11.6 Å². The molecule has 0 saturated carbocycles. The van der Waals surface area contributed by atoms with Gasteiger partial charge in [0.05, 0.1) is 6.21 Å². The number of aromatic nitrogens is 1. The van der Waals surface area contributed by atoms with Gasteiger partial charge in [0.25, 0.3) is 5.91 Å². The number of rotatable bonds is 3. The fourth-order valence-electron chi connectivity index (χ4n) is 1.32. The summed E-state index contributed by atoms with van der Waals surface area (Å²) in [5.74, 6) is -0.324. The maximum Gasteiger partial charge on any atom is 0.287 e. The molecule has 1 aromatic heterocycles. The molecule has 0 aliphatic carbocycles. The van der Waals surface area contributed by atoms with Gasteiger partial charge in [-0.2, -0.15) is 5.10 Å². The van der Waals surface area contributed by atoms with Crippen LogP contribution in [0.25, 0.3) is 0 Å². The second-order valence-electron chi connectivity index (χ2n) is 3.49. The highest BCUT2D eigenvalue weighted by Crippen LogP contribution is 2.19. The van der Waals surface area contributed by atoms with E-state index in [9.17, 15) is 9.90 Å². The number of aromatic hydroxyl groups is 1. The van der Waals surface area contributed by atoms with Crippen molar-refractivity contribution < 1.29 is 9.90 Å². The number of H-pyrrole nitrogens is 1. The SMILES string of the molecule is O=C(N/N=C/c1cc(Cl)ccc1O)c1ccc[nH]1. The zero-order valence-electron chi connectivity index (χ0n) is 9.22. The number of hydrogen-bond acceptors (Lipinski definition) is 3. The molecule has 0 fully saturated rings. The molecule has 0 bridgehead atoms. The molecule has 1 aromatic carbocycles. The van der Waals surface area contributed by atoms with E-state index in [-0.39, 0.29) is 11.7 Å². The number of hydrogen-bond donors (Lipinski definition) is 3. The molecule has 3 N–H and O–H groups in total. The normalized spacial score (nSPS) is 10.7. The Labute approximate surface area is 108 Å². The van der Waals surface area contributed by atoms with Crippen LogP contribution in [0.1, 0.15) is 16.1 Å². The molecule has 1 heterocycles. The van der Waals surface area contributed by atoms with Gasteiger partial charge in [0.1, 0.15) is 11.4 Å². The van der Waals surface area contributed by atoms with Crippen molar-refractivity contribution in [1.29, 1.82) is 0 Å². The number of nitrogens with zero attached hydrogens (tertiary/aromatic N) is 1. The Balaban J connectivity index is 2.03. The van der Waals surface area contributed by atoms with Gasteiger partial charge in [-0.3, -0.25) is 4.79 Å². The summed E-state index contributed by atoms with van der Waals surface area (Å²) in [6, 6.07) is 7.90. The molecule has 2 aromatic rings. The third kappa shape index (κ3) is 2.89. The predicted molar refractivity (Wildman–Crippen MR) is 69.0 cm³/mol. The number of phenols is 1. The highest BCUT2D eigenvalue weighted by Gasteiger charge is 2.03. The van der Waals surface area contributed by atoms with Gasteiger partial charge in [-0.05, 0) is 30.3 Å². The molecule has 6 heteroatoms. The highest BCUT2D eigenvalue weighted by molar-refractivity contribution is 6.30. The number of amides is 1. The van der Waals surface area contributed by atoms with Crippen molar-refractivity contribution >= 4 is 23.7 Å². The first-order valence-electron chi connectivity index (χ1n) is 5.12. The number of benzene rings is 1. The molecule has 0 saturated heterocycles. The van der Waals surface area contributed by atoms with Gasteiger partial charge in [0.15, 0.2) is 0 Å². The number of phenolic OH excluding ortho intramolecular Hbond substituents is 1. The third-order valence-electron chi connectivity index (χ3n) is 2.20. The molecule has 0 aliphatic rings. The van der Waals surface area contributed by atoms with E-state index in [4.69, 9.17) is 11.6 Å². The molecule has 2 rings (SSSR count). The average molecular weight is 264 g/mol. The molecule has 0 atom stereocenters. The number of carbonyl (C=O) groups excluding carboxylic acids is 1. The summed E-state index contributed by atoms with van der Waals surface area (Å²) in [6.45, 7) is 0. The number of carbonyl (C=O) groups is 1. The van der Waals surface area contributed by atoms with Crippen LogP contribution in [-0.2, 0) is 0 Å². The Bertz CT molecular complexity index is 579. The zero-order chi connectivity index (χ0) is 13.0. The third-order valence-corrected chi connectivity index (χ3v) is 2.44. The van der Waals surface area contributed by atoms with E-state index in [0.29, 0.717) is 16.3 Å². The van der Waals surface area contributed by atoms with Crippen molar-refractivity contribution in [3.05, 3.63) is 52.8 Å². The summed E-state index contributed by atoms with van der Waals surface area (Å²) in [5, 5.41) is 13.7. The Morgan fingerprint density at radius 2 is 2.28 bits per heavy atom. The van der Waals surface area contributed by atoms with Gasteiger partial charge in [0, 0.05) is 16.8 Å². The second-order valence-corrected chi connectivity index (χ2v) is 3.92. The van der Waals surface area contributed by atoms with Crippen molar-refractivity contribution in [2.45, 2.75) is 0 Å². The van der Waals surface area contributed by atoms with Crippen molar-refractivity contribution in [3.63, 3.8) is 0 Å². The highest BCUT2D eigenvalue weighted by atomic mass is 35.5. The van der Waals surface area contributed by atoms with E-state index < -0.39 is 0 Å². The minimum atomic E-state index is -0.363. The van der Waals surface area contributed by atoms with Crippen LogP contribution in [-0.4, -0.2) is 22.2 Å². The Morgan fingerprint density at radius 3 is 3.00 bits per heavy atom. The standard InChI is InChI=1S/C12H10ClN3O2/c13-9-3-4-11(17)8(6-9)7-15-16-12(18)10-2-1-5-14-10/h1-7,14,17H,(H,16,18)/b15-7+. The molecular formula is C12H10ClN3O2. The summed E-state index contributed by atoms with van der Waals surface area (Å²) in [6.07, 6.45) is 2.96. The second kappa shape index (κ2) is 5.37. The lowest BCUT2D eigenvalue weighted by molar-refractivity contribution is 0.0951. The van der Waals surface area contributed by atoms with E-state index in [0.717, 1.165) is 0 Å². The first kappa shape index (κ1) is 12.2. The lowest BCUT2D eigenvalue weighted by Gasteiger charge is -1.99. The molecule has 5 nitrogen and oxygen atoms in total. The van der Waals surface area contributed by atoms with Gasteiger partial charge in [-0.25, -0.2) is 5.43 Å². The Kier molecular flexibility index (Phi) is 3.64. The minimum absolute atomic E-state index is 0.0391. The number of hydrazone groups is 1. The van der Waals surface area contributed by atoms with Crippen LogP contribution < -0.4 is 5.43 Å². The molecule has 0 aliphatic heterocycles. The smallest absolute Gasteiger partial charge is 0.287 e. The predicted octanol–water partition coefficient (Wildman–Crippen LogP) is 2.14. The molecule has 0 radical (unpaired) electrons. The monoisotopic (exact) mass is 263 g/mol. The summed E-state index contributed by atoms with van der Waals surface area (Å²) in [4.78, 5) is 14.3. The maximum absolute atomic E-state index is 11.5. The fraction of sp³-hybridized carbons (Fsp3) is 0. The molecular weight excluding hydrogens is 254 g/mol. The number of aromatic amines is 1. The Hall–Kier alpha value is -2.27. The average Bonchev–Trinajstić information content (AvgIpc) is 2.87. The van der Waals surface area contributed by atoms with Crippen molar-refractivity contribution in [2.24, 2.45) is 5.10 Å². The first-order chi connectivity index (χ1) is 8.66. The van der Waals surface area contributed by atoms with Crippen LogP contribution in [0.4, 0.5) is 0 Å².